The normalized spacial score (nSPS) is 25.8. The maximum absolute atomic E-state index is 12.5. The summed E-state index contributed by atoms with van der Waals surface area (Å²) in [5, 5.41) is 3.40. The second-order valence-electron chi connectivity index (χ2n) is 7.94. The van der Waals surface area contributed by atoms with Crippen molar-refractivity contribution in [2.45, 2.75) is 57.8 Å². The summed E-state index contributed by atoms with van der Waals surface area (Å²) in [6, 6.07) is 0. The van der Waals surface area contributed by atoms with Crippen LogP contribution in [0.5, 0.6) is 0 Å². The van der Waals surface area contributed by atoms with E-state index in [1.807, 2.05) is 0 Å². The number of hydrogen-bond acceptors (Lipinski definition) is 3. The maximum Gasteiger partial charge on any atom is 0.222 e. The quantitative estimate of drug-likeness (QED) is 0.777. The van der Waals surface area contributed by atoms with Gasteiger partial charge in [-0.1, -0.05) is 19.3 Å². The van der Waals surface area contributed by atoms with Gasteiger partial charge in [0.1, 0.15) is 0 Å². The molecule has 6 heteroatoms. The molecule has 0 radical (unpaired) electrons. The van der Waals surface area contributed by atoms with Crippen LogP contribution < -0.4 is 5.32 Å². The molecule has 1 saturated carbocycles. The number of hydrogen-bond donors (Lipinski definition) is 1. The molecular weight excluding hydrogens is 357 g/mol. The molecule has 25 heavy (non-hydrogen) atoms. The van der Waals surface area contributed by atoms with E-state index in [0.717, 1.165) is 63.8 Å². The zero-order valence-electron chi connectivity index (χ0n) is 15.6. The van der Waals surface area contributed by atoms with E-state index in [1.54, 1.807) is 0 Å². The summed E-state index contributed by atoms with van der Waals surface area (Å²) >= 11 is 0. The van der Waals surface area contributed by atoms with Crippen molar-refractivity contribution in [3.8, 4) is 0 Å². The average Bonchev–Trinajstić information content (AvgIpc) is 2.99. The van der Waals surface area contributed by atoms with Gasteiger partial charge in [0.2, 0.25) is 5.91 Å². The van der Waals surface area contributed by atoms with E-state index in [2.05, 4.69) is 15.1 Å². The predicted octanol–water partition coefficient (Wildman–Crippen LogP) is 3.33. The van der Waals surface area contributed by atoms with Gasteiger partial charge in [-0.05, 0) is 63.6 Å². The standard InChI is InChI=1S/C19H35N3O.2ClH/c23-19(8-7-17-9-10-20-15-17)22-12-4-11-21(13-14-22)16-18-5-2-1-3-6-18;;/h17-18,20H,1-16H2;2*1H. The van der Waals surface area contributed by atoms with Gasteiger partial charge < -0.3 is 15.1 Å². The summed E-state index contributed by atoms with van der Waals surface area (Å²) in [7, 11) is 0. The minimum atomic E-state index is 0. The third-order valence-corrected chi connectivity index (χ3v) is 6.11. The van der Waals surface area contributed by atoms with E-state index >= 15 is 0 Å². The Morgan fingerprint density at radius 3 is 2.40 bits per heavy atom. The van der Waals surface area contributed by atoms with E-state index in [1.165, 1.54) is 51.6 Å². The lowest BCUT2D eigenvalue weighted by Gasteiger charge is -2.28. The van der Waals surface area contributed by atoms with Crippen LogP contribution in [0, 0.1) is 11.8 Å². The van der Waals surface area contributed by atoms with Crippen molar-refractivity contribution in [2.24, 2.45) is 11.8 Å². The molecule has 2 saturated heterocycles. The predicted molar refractivity (Wildman–Crippen MR) is 109 cm³/mol. The van der Waals surface area contributed by atoms with E-state index in [4.69, 9.17) is 0 Å². The summed E-state index contributed by atoms with van der Waals surface area (Å²) in [6.07, 6.45) is 11.4. The molecule has 4 nitrogen and oxygen atoms in total. The highest BCUT2D eigenvalue weighted by Gasteiger charge is 2.23. The summed E-state index contributed by atoms with van der Waals surface area (Å²) in [6.45, 7) is 7.73. The van der Waals surface area contributed by atoms with Gasteiger partial charge in [-0.25, -0.2) is 0 Å². The molecule has 3 rings (SSSR count). The molecular formula is C19H37Cl2N3O. The van der Waals surface area contributed by atoms with Gasteiger partial charge in [-0.2, -0.15) is 0 Å². The highest BCUT2D eigenvalue weighted by Crippen LogP contribution is 2.25. The fraction of sp³-hybridized carbons (Fsp3) is 0.947. The largest absolute Gasteiger partial charge is 0.341 e. The molecule has 1 amide bonds. The number of carbonyl (C=O) groups excluding carboxylic acids is 1. The Labute approximate surface area is 166 Å². The number of nitrogens with zero attached hydrogens (tertiary/aromatic N) is 2. The smallest absolute Gasteiger partial charge is 0.222 e. The molecule has 148 valence electrons. The van der Waals surface area contributed by atoms with Crippen molar-refractivity contribution < 1.29 is 4.79 Å². The van der Waals surface area contributed by atoms with E-state index in [9.17, 15) is 4.79 Å². The van der Waals surface area contributed by atoms with Crippen molar-refractivity contribution >= 4 is 30.7 Å². The molecule has 2 aliphatic heterocycles. The van der Waals surface area contributed by atoms with Crippen molar-refractivity contribution in [3.05, 3.63) is 0 Å². The van der Waals surface area contributed by atoms with Gasteiger partial charge >= 0.3 is 0 Å². The Morgan fingerprint density at radius 1 is 0.880 bits per heavy atom. The Hall–Kier alpha value is -0.0300. The topological polar surface area (TPSA) is 35.6 Å². The van der Waals surface area contributed by atoms with Gasteiger partial charge in [-0.3, -0.25) is 4.79 Å². The van der Waals surface area contributed by atoms with E-state index in [0.29, 0.717) is 5.91 Å². The monoisotopic (exact) mass is 393 g/mol. The molecule has 0 aromatic rings. The van der Waals surface area contributed by atoms with Crippen LogP contribution in [0.1, 0.15) is 57.8 Å². The molecule has 3 aliphatic rings. The van der Waals surface area contributed by atoms with Gasteiger partial charge in [0.05, 0.1) is 0 Å². The van der Waals surface area contributed by atoms with Crippen LogP contribution in [-0.4, -0.2) is 61.5 Å². The van der Waals surface area contributed by atoms with Crippen LogP contribution in [0.25, 0.3) is 0 Å². The van der Waals surface area contributed by atoms with Crippen molar-refractivity contribution in [1.82, 2.24) is 15.1 Å². The lowest BCUT2D eigenvalue weighted by atomic mass is 9.89. The molecule has 0 aromatic carbocycles. The lowest BCUT2D eigenvalue weighted by molar-refractivity contribution is -0.131. The fourth-order valence-electron chi connectivity index (χ4n) is 4.58. The fourth-order valence-corrected chi connectivity index (χ4v) is 4.58. The summed E-state index contributed by atoms with van der Waals surface area (Å²) in [4.78, 5) is 17.3. The van der Waals surface area contributed by atoms with Crippen molar-refractivity contribution in [3.63, 3.8) is 0 Å². The first-order valence-corrected chi connectivity index (χ1v) is 10.0. The molecule has 0 spiro atoms. The Bertz CT molecular complexity index is 372. The highest BCUT2D eigenvalue weighted by molar-refractivity contribution is 5.85. The zero-order chi connectivity index (χ0) is 15.9. The van der Waals surface area contributed by atoms with Crippen molar-refractivity contribution in [2.75, 3.05) is 45.8 Å². The van der Waals surface area contributed by atoms with Crippen LogP contribution in [-0.2, 0) is 4.79 Å². The van der Waals surface area contributed by atoms with Crippen LogP contribution >= 0.6 is 24.8 Å². The summed E-state index contributed by atoms with van der Waals surface area (Å²) < 4.78 is 0. The summed E-state index contributed by atoms with van der Waals surface area (Å²) in [5.74, 6) is 2.05. The first-order chi connectivity index (χ1) is 11.3. The minimum absolute atomic E-state index is 0. The Balaban J connectivity index is 0.00000156. The van der Waals surface area contributed by atoms with Crippen molar-refractivity contribution in [1.29, 1.82) is 0 Å². The molecule has 1 aliphatic carbocycles. The average molecular weight is 394 g/mol. The molecule has 3 fully saturated rings. The third-order valence-electron chi connectivity index (χ3n) is 6.11. The SMILES string of the molecule is Cl.Cl.O=C(CCC1CCNC1)N1CCCN(CC2CCCCC2)CC1. The van der Waals surface area contributed by atoms with Gasteiger partial charge in [0, 0.05) is 32.6 Å². The molecule has 0 aromatic heterocycles. The first kappa shape index (κ1) is 23.0. The van der Waals surface area contributed by atoms with E-state index in [-0.39, 0.29) is 24.8 Å². The maximum atomic E-state index is 12.5. The van der Waals surface area contributed by atoms with Gasteiger partial charge in [-0.15, -0.1) is 24.8 Å². The van der Waals surface area contributed by atoms with Crippen LogP contribution in [0.2, 0.25) is 0 Å². The zero-order valence-corrected chi connectivity index (χ0v) is 17.2. The number of carbonyl (C=O) groups is 1. The molecule has 1 N–H and O–H groups in total. The van der Waals surface area contributed by atoms with Gasteiger partial charge in [0.15, 0.2) is 0 Å². The number of nitrogens with one attached hydrogen (secondary N) is 1. The van der Waals surface area contributed by atoms with Crippen LogP contribution in [0.15, 0.2) is 0 Å². The highest BCUT2D eigenvalue weighted by atomic mass is 35.5. The molecule has 1 unspecified atom stereocenters. The van der Waals surface area contributed by atoms with E-state index < -0.39 is 0 Å². The molecule has 1 atom stereocenters. The van der Waals surface area contributed by atoms with Crippen LogP contribution in [0.4, 0.5) is 0 Å². The second kappa shape index (κ2) is 12.4. The second-order valence-corrected chi connectivity index (χ2v) is 7.94. The molecule has 2 heterocycles. The third kappa shape index (κ3) is 7.62. The Morgan fingerprint density at radius 2 is 1.68 bits per heavy atom. The minimum Gasteiger partial charge on any atom is -0.341 e. The first-order valence-electron chi connectivity index (χ1n) is 10.0. The van der Waals surface area contributed by atoms with Gasteiger partial charge in [0.25, 0.3) is 0 Å². The Kier molecular flexibility index (Phi) is 11.4. The number of rotatable bonds is 5. The van der Waals surface area contributed by atoms with Crippen LogP contribution in [0.3, 0.4) is 0 Å². The summed E-state index contributed by atoms with van der Waals surface area (Å²) in [5.41, 5.74) is 0. The molecule has 0 bridgehead atoms. The number of amides is 1. The number of halogens is 2. The lowest BCUT2D eigenvalue weighted by Crippen LogP contribution is -2.37.